The van der Waals surface area contributed by atoms with E-state index in [4.69, 9.17) is 4.74 Å². The molecule has 2 aliphatic heterocycles. The summed E-state index contributed by atoms with van der Waals surface area (Å²) in [6.07, 6.45) is 6.43. The lowest BCUT2D eigenvalue weighted by Gasteiger charge is -2.37. The highest BCUT2D eigenvalue weighted by Crippen LogP contribution is 2.31. The average molecular weight is 325 g/mol. The number of rotatable bonds is 3. The molecule has 1 unspecified atom stereocenters. The standard InChI is InChI=1S/C19H23N3O2/c23-19(12-15-6-10-24-11-7-15)22-14-18-20-8-9-21(18)13-17(22)16-4-2-1-3-5-16/h1-5,8-9,15,17H,6-7,10-14H2. The molecule has 1 amide bonds. The van der Waals surface area contributed by atoms with Gasteiger partial charge >= 0.3 is 0 Å². The lowest BCUT2D eigenvalue weighted by Crippen LogP contribution is -2.42. The van der Waals surface area contributed by atoms with Crippen molar-refractivity contribution in [1.82, 2.24) is 14.5 Å². The molecule has 2 aliphatic rings. The number of hydrogen-bond donors (Lipinski definition) is 0. The van der Waals surface area contributed by atoms with Crippen LogP contribution in [-0.2, 0) is 22.6 Å². The molecule has 0 aliphatic carbocycles. The molecule has 4 rings (SSSR count). The van der Waals surface area contributed by atoms with Gasteiger partial charge in [-0.1, -0.05) is 30.3 Å². The summed E-state index contributed by atoms with van der Waals surface area (Å²) in [5, 5.41) is 0. The Balaban J connectivity index is 1.57. The van der Waals surface area contributed by atoms with Gasteiger partial charge in [-0.15, -0.1) is 0 Å². The fourth-order valence-corrected chi connectivity index (χ4v) is 3.74. The molecule has 5 nitrogen and oxygen atoms in total. The van der Waals surface area contributed by atoms with E-state index in [1.807, 2.05) is 35.5 Å². The van der Waals surface area contributed by atoms with Crippen LogP contribution in [0.25, 0.3) is 0 Å². The van der Waals surface area contributed by atoms with E-state index in [1.54, 1.807) is 0 Å². The van der Waals surface area contributed by atoms with Crippen molar-refractivity contribution in [2.75, 3.05) is 13.2 Å². The topological polar surface area (TPSA) is 47.4 Å². The van der Waals surface area contributed by atoms with E-state index in [0.29, 0.717) is 18.9 Å². The molecule has 24 heavy (non-hydrogen) atoms. The summed E-state index contributed by atoms with van der Waals surface area (Å²) < 4.78 is 7.58. The Hall–Kier alpha value is -2.14. The molecule has 126 valence electrons. The van der Waals surface area contributed by atoms with Crippen molar-refractivity contribution in [2.24, 2.45) is 5.92 Å². The van der Waals surface area contributed by atoms with Crippen molar-refractivity contribution >= 4 is 5.91 Å². The number of benzene rings is 1. The van der Waals surface area contributed by atoms with Crippen LogP contribution in [0.5, 0.6) is 0 Å². The normalized spacial score (nSPS) is 21.5. The summed E-state index contributed by atoms with van der Waals surface area (Å²) in [7, 11) is 0. The Morgan fingerprint density at radius 1 is 1.21 bits per heavy atom. The molecule has 3 heterocycles. The van der Waals surface area contributed by atoms with Gasteiger partial charge in [-0.3, -0.25) is 4.79 Å². The minimum Gasteiger partial charge on any atom is -0.381 e. The van der Waals surface area contributed by atoms with E-state index < -0.39 is 0 Å². The van der Waals surface area contributed by atoms with Crippen LogP contribution in [0.1, 0.15) is 36.7 Å². The molecule has 1 saturated heterocycles. The van der Waals surface area contributed by atoms with Crippen molar-refractivity contribution in [1.29, 1.82) is 0 Å². The summed E-state index contributed by atoms with van der Waals surface area (Å²) in [5.41, 5.74) is 1.19. The smallest absolute Gasteiger partial charge is 0.223 e. The maximum absolute atomic E-state index is 13.0. The molecule has 0 N–H and O–H groups in total. The second-order valence-corrected chi connectivity index (χ2v) is 6.70. The van der Waals surface area contributed by atoms with E-state index in [-0.39, 0.29) is 11.9 Å². The molecule has 0 saturated carbocycles. The number of nitrogens with zero attached hydrogens (tertiary/aromatic N) is 3. The lowest BCUT2D eigenvalue weighted by atomic mass is 9.94. The number of carbonyl (C=O) groups is 1. The van der Waals surface area contributed by atoms with Crippen LogP contribution < -0.4 is 0 Å². The first kappa shape index (κ1) is 15.4. The van der Waals surface area contributed by atoms with Gasteiger partial charge in [-0.25, -0.2) is 4.98 Å². The first-order valence-corrected chi connectivity index (χ1v) is 8.73. The number of aromatic nitrogens is 2. The van der Waals surface area contributed by atoms with Crippen LogP contribution in [0.15, 0.2) is 42.7 Å². The van der Waals surface area contributed by atoms with Crippen LogP contribution in [0.4, 0.5) is 0 Å². The van der Waals surface area contributed by atoms with Gasteiger partial charge in [0.1, 0.15) is 5.82 Å². The Morgan fingerprint density at radius 2 is 2.00 bits per heavy atom. The summed E-state index contributed by atoms with van der Waals surface area (Å²) in [6.45, 7) is 2.93. The number of carbonyl (C=O) groups excluding carboxylic acids is 1. The van der Waals surface area contributed by atoms with E-state index in [2.05, 4.69) is 21.7 Å². The Bertz CT molecular complexity index is 692. The van der Waals surface area contributed by atoms with Gasteiger partial charge in [0.2, 0.25) is 5.91 Å². The number of amides is 1. The first-order chi connectivity index (χ1) is 11.8. The van der Waals surface area contributed by atoms with Crippen LogP contribution in [0.3, 0.4) is 0 Å². The van der Waals surface area contributed by atoms with Crippen LogP contribution >= 0.6 is 0 Å². The largest absolute Gasteiger partial charge is 0.381 e. The van der Waals surface area contributed by atoms with Gasteiger partial charge in [0.15, 0.2) is 0 Å². The third kappa shape index (κ3) is 3.08. The number of ether oxygens (including phenoxy) is 1. The molecule has 5 heteroatoms. The minimum atomic E-state index is 0.0836. The number of fused-ring (bicyclic) bond motifs is 1. The molecule has 0 spiro atoms. The Labute approximate surface area is 142 Å². The highest BCUT2D eigenvalue weighted by atomic mass is 16.5. The minimum absolute atomic E-state index is 0.0836. The van der Waals surface area contributed by atoms with Gasteiger partial charge in [0, 0.05) is 38.6 Å². The quantitative estimate of drug-likeness (QED) is 0.872. The van der Waals surface area contributed by atoms with Crippen LogP contribution in [0.2, 0.25) is 0 Å². The molecule has 0 bridgehead atoms. The zero-order valence-electron chi connectivity index (χ0n) is 13.8. The van der Waals surface area contributed by atoms with Gasteiger partial charge in [-0.05, 0) is 24.3 Å². The highest BCUT2D eigenvalue weighted by molar-refractivity contribution is 5.77. The maximum atomic E-state index is 13.0. The third-order valence-corrected chi connectivity index (χ3v) is 5.17. The van der Waals surface area contributed by atoms with Crippen molar-refractivity contribution in [3.8, 4) is 0 Å². The molecular weight excluding hydrogens is 302 g/mol. The summed E-state index contributed by atoms with van der Waals surface area (Å²) in [4.78, 5) is 19.5. The second kappa shape index (κ2) is 6.77. The summed E-state index contributed by atoms with van der Waals surface area (Å²) in [6, 6.07) is 10.4. The van der Waals surface area contributed by atoms with E-state index in [1.165, 1.54) is 5.56 Å². The van der Waals surface area contributed by atoms with E-state index in [0.717, 1.165) is 38.4 Å². The van der Waals surface area contributed by atoms with Gasteiger partial charge in [-0.2, -0.15) is 0 Å². The molecule has 1 atom stereocenters. The monoisotopic (exact) mass is 325 g/mol. The summed E-state index contributed by atoms with van der Waals surface area (Å²) in [5.74, 6) is 1.66. The summed E-state index contributed by atoms with van der Waals surface area (Å²) >= 11 is 0. The SMILES string of the molecule is O=C(CC1CCOCC1)N1Cc2nccn2CC1c1ccccc1. The molecule has 2 aromatic rings. The van der Waals surface area contributed by atoms with Crippen molar-refractivity contribution in [2.45, 2.75) is 38.4 Å². The molecular formula is C19H23N3O2. The predicted molar refractivity (Wildman–Crippen MR) is 90.1 cm³/mol. The highest BCUT2D eigenvalue weighted by Gasteiger charge is 2.32. The molecule has 0 radical (unpaired) electrons. The molecule has 1 aromatic heterocycles. The zero-order chi connectivity index (χ0) is 16.4. The van der Waals surface area contributed by atoms with E-state index >= 15 is 0 Å². The van der Waals surface area contributed by atoms with Crippen LogP contribution in [0, 0.1) is 5.92 Å². The lowest BCUT2D eigenvalue weighted by molar-refractivity contribution is -0.137. The predicted octanol–water partition coefficient (Wildman–Crippen LogP) is 2.78. The number of hydrogen-bond acceptors (Lipinski definition) is 3. The Morgan fingerprint density at radius 3 is 2.79 bits per heavy atom. The maximum Gasteiger partial charge on any atom is 0.223 e. The van der Waals surface area contributed by atoms with E-state index in [9.17, 15) is 4.79 Å². The second-order valence-electron chi connectivity index (χ2n) is 6.70. The third-order valence-electron chi connectivity index (χ3n) is 5.17. The van der Waals surface area contributed by atoms with Crippen molar-refractivity contribution in [3.05, 3.63) is 54.1 Å². The van der Waals surface area contributed by atoms with Crippen molar-refractivity contribution in [3.63, 3.8) is 0 Å². The molecule has 1 fully saturated rings. The fraction of sp³-hybridized carbons (Fsp3) is 0.474. The average Bonchev–Trinajstić information content (AvgIpc) is 3.10. The van der Waals surface area contributed by atoms with Gasteiger partial charge < -0.3 is 14.2 Å². The van der Waals surface area contributed by atoms with Crippen molar-refractivity contribution < 1.29 is 9.53 Å². The Kier molecular flexibility index (Phi) is 4.34. The first-order valence-electron chi connectivity index (χ1n) is 8.73. The fourth-order valence-electron chi connectivity index (χ4n) is 3.74. The van der Waals surface area contributed by atoms with Gasteiger partial charge in [0.05, 0.1) is 12.6 Å². The van der Waals surface area contributed by atoms with Crippen LogP contribution in [-0.4, -0.2) is 33.6 Å². The number of imidazole rings is 1. The van der Waals surface area contributed by atoms with Gasteiger partial charge in [0.25, 0.3) is 0 Å². The molecule has 1 aromatic carbocycles. The zero-order valence-corrected chi connectivity index (χ0v) is 13.8.